The predicted molar refractivity (Wildman–Crippen MR) is 61.8 cm³/mol. The van der Waals surface area contributed by atoms with Crippen LogP contribution in [0, 0.1) is 5.95 Å². The molecule has 0 bridgehead atoms. The molecule has 0 fully saturated rings. The Morgan fingerprint density at radius 3 is 2.89 bits per heavy atom. The summed E-state index contributed by atoms with van der Waals surface area (Å²) >= 11 is 0. The Labute approximate surface area is 105 Å². The third kappa shape index (κ3) is 5.20. The normalized spacial score (nSPS) is 10.3. The van der Waals surface area contributed by atoms with Crippen molar-refractivity contribution in [2.75, 3.05) is 33.5 Å². The van der Waals surface area contributed by atoms with Gasteiger partial charge in [-0.2, -0.15) is 4.39 Å². The Morgan fingerprint density at radius 2 is 2.17 bits per heavy atom. The minimum atomic E-state index is -0.821. The SMILES string of the molecule is COCCOCCCOC(=O)c1cccnc1F. The molecule has 0 aliphatic carbocycles. The Hall–Kier alpha value is -1.53. The molecule has 1 aromatic rings. The highest BCUT2D eigenvalue weighted by molar-refractivity contribution is 5.89. The zero-order chi connectivity index (χ0) is 13.2. The van der Waals surface area contributed by atoms with Gasteiger partial charge in [0.05, 0.1) is 19.8 Å². The first-order valence-electron chi connectivity index (χ1n) is 5.60. The highest BCUT2D eigenvalue weighted by atomic mass is 19.1. The zero-order valence-electron chi connectivity index (χ0n) is 10.2. The second-order valence-electron chi connectivity index (χ2n) is 3.44. The van der Waals surface area contributed by atoms with E-state index in [1.54, 1.807) is 7.11 Å². The summed E-state index contributed by atoms with van der Waals surface area (Å²) in [4.78, 5) is 14.8. The van der Waals surface area contributed by atoms with E-state index in [1.807, 2.05) is 0 Å². The fourth-order valence-electron chi connectivity index (χ4n) is 1.19. The van der Waals surface area contributed by atoms with Crippen molar-refractivity contribution < 1.29 is 23.4 Å². The number of ether oxygens (including phenoxy) is 3. The number of hydrogen-bond donors (Lipinski definition) is 0. The summed E-state index contributed by atoms with van der Waals surface area (Å²) < 4.78 is 28.0. The quantitative estimate of drug-likeness (QED) is 0.400. The van der Waals surface area contributed by atoms with Gasteiger partial charge in [0.15, 0.2) is 0 Å². The van der Waals surface area contributed by atoms with Crippen LogP contribution in [-0.2, 0) is 14.2 Å². The molecule has 6 heteroatoms. The maximum atomic E-state index is 13.1. The van der Waals surface area contributed by atoms with E-state index in [0.29, 0.717) is 26.2 Å². The van der Waals surface area contributed by atoms with E-state index in [4.69, 9.17) is 14.2 Å². The number of carbonyl (C=O) groups is 1. The summed E-state index contributed by atoms with van der Waals surface area (Å²) in [7, 11) is 1.59. The van der Waals surface area contributed by atoms with Crippen molar-refractivity contribution in [3.63, 3.8) is 0 Å². The van der Waals surface area contributed by atoms with Crippen LogP contribution in [0.4, 0.5) is 4.39 Å². The fraction of sp³-hybridized carbons (Fsp3) is 0.500. The smallest absolute Gasteiger partial charge is 0.342 e. The Morgan fingerprint density at radius 1 is 1.33 bits per heavy atom. The van der Waals surface area contributed by atoms with Gasteiger partial charge in [0.1, 0.15) is 5.56 Å². The zero-order valence-corrected chi connectivity index (χ0v) is 10.2. The minimum absolute atomic E-state index is 0.155. The first-order chi connectivity index (χ1) is 8.75. The van der Waals surface area contributed by atoms with E-state index in [-0.39, 0.29) is 12.2 Å². The van der Waals surface area contributed by atoms with Crippen LogP contribution in [0.1, 0.15) is 16.8 Å². The van der Waals surface area contributed by atoms with Gasteiger partial charge in [-0.3, -0.25) is 0 Å². The monoisotopic (exact) mass is 257 g/mol. The highest BCUT2D eigenvalue weighted by Crippen LogP contribution is 2.05. The van der Waals surface area contributed by atoms with Crippen molar-refractivity contribution in [3.8, 4) is 0 Å². The van der Waals surface area contributed by atoms with E-state index in [9.17, 15) is 9.18 Å². The van der Waals surface area contributed by atoms with Crippen molar-refractivity contribution in [2.45, 2.75) is 6.42 Å². The molecule has 0 N–H and O–H groups in total. The Balaban J connectivity index is 2.16. The van der Waals surface area contributed by atoms with Gasteiger partial charge in [-0.1, -0.05) is 0 Å². The molecule has 0 saturated carbocycles. The summed E-state index contributed by atoms with van der Waals surface area (Å²) in [5, 5.41) is 0. The number of esters is 1. The van der Waals surface area contributed by atoms with Crippen molar-refractivity contribution in [1.82, 2.24) is 4.98 Å². The number of hydrogen-bond acceptors (Lipinski definition) is 5. The molecule has 18 heavy (non-hydrogen) atoms. The molecular weight excluding hydrogens is 241 g/mol. The van der Waals surface area contributed by atoms with Crippen LogP contribution in [-0.4, -0.2) is 44.5 Å². The standard InChI is InChI=1S/C12H16FNO4/c1-16-8-9-17-6-3-7-18-12(15)10-4-2-5-14-11(10)13/h2,4-5H,3,6-9H2,1H3. The van der Waals surface area contributed by atoms with Gasteiger partial charge in [-0.25, -0.2) is 9.78 Å². The predicted octanol–water partition coefficient (Wildman–Crippen LogP) is 1.43. The molecule has 0 radical (unpaired) electrons. The third-order valence-corrected chi connectivity index (χ3v) is 2.08. The minimum Gasteiger partial charge on any atom is -0.462 e. The first-order valence-corrected chi connectivity index (χ1v) is 5.60. The van der Waals surface area contributed by atoms with Gasteiger partial charge in [0.25, 0.3) is 0 Å². The number of rotatable bonds is 8. The van der Waals surface area contributed by atoms with E-state index in [0.717, 1.165) is 0 Å². The number of halogens is 1. The number of pyridine rings is 1. The van der Waals surface area contributed by atoms with E-state index >= 15 is 0 Å². The molecule has 0 amide bonds. The highest BCUT2D eigenvalue weighted by Gasteiger charge is 2.12. The lowest BCUT2D eigenvalue weighted by atomic mass is 10.3. The van der Waals surface area contributed by atoms with E-state index in [1.165, 1.54) is 18.3 Å². The molecular formula is C12H16FNO4. The molecule has 0 aliphatic heterocycles. The summed E-state index contributed by atoms with van der Waals surface area (Å²) in [5.74, 6) is -1.53. The first kappa shape index (κ1) is 14.5. The maximum absolute atomic E-state index is 13.1. The lowest BCUT2D eigenvalue weighted by Gasteiger charge is -2.05. The maximum Gasteiger partial charge on any atom is 0.342 e. The lowest BCUT2D eigenvalue weighted by Crippen LogP contribution is -2.11. The lowest BCUT2D eigenvalue weighted by molar-refractivity contribution is 0.0381. The van der Waals surface area contributed by atoms with Crippen LogP contribution in [0.2, 0.25) is 0 Å². The Kier molecular flexibility index (Phi) is 6.90. The molecule has 0 spiro atoms. The summed E-state index contributed by atoms with van der Waals surface area (Å²) in [6, 6.07) is 2.81. The van der Waals surface area contributed by atoms with Crippen LogP contribution < -0.4 is 0 Å². The van der Waals surface area contributed by atoms with Gasteiger partial charge in [0.2, 0.25) is 5.95 Å². The van der Waals surface area contributed by atoms with Gasteiger partial charge in [-0.15, -0.1) is 0 Å². The largest absolute Gasteiger partial charge is 0.462 e. The number of carbonyl (C=O) groups excluding carboxylic acids is 1. The summed E-state index contributed by atoms with van der Waals surface area (Å²) in [5.41, 5.74) is -0.155. The van der Waals surface area contributed by atoms with Crippen molar-refractivity contribution >= 4 is 5.97 Å². The molecule has 0 atom stereocenters. The van der Waals surface area contributed by atoms with Crippen LogP contribution >= 0.6 is 0 Å². The van der Waals surface area contributed by atoms with Gasteiger partial charge < -0.3 is 14.2 Å². The average molecular weight is 257 g/mol. The summed E-state index contributed by atoms with van der Waals surface area (Å²) in [6.45, 7) is 1.68. The van der Waals surface area contributed by atoms with Crippen molar-refractivity contribution in [3.05, 3.63) is 29.8 Å². The number of nitrogens with zero attached hydrogens (tertiary/aromatic N) is 1. The van der Waals surface area contributed by atoms with Crippen LogP contribution in [0.3, 0.4) is 0 Å². The van der Waals surface area contributed by atoms with Crippen LogP contribution in [0.5, 0.6) is 0 Å². The Bertz CT molecular complexity index is 373. The molecule has 1 rings (SSSR count). The molecule has 0 saturated heterocycles. The fourth-order valence-corrected chi connectivity index (χ4v) is 1.19. The van der Waals surface area contributed by atoms with Gasteiger partial charge in [-0.05, 0) is 12.1 Å². The van der Waals surface area contributed by atoms with Crippen LogP contribution in [0.15, 0.2) is 18.3 Å². The molecule has 0 aliphatic rings. The molecule has 100 valence electrons. The van der Waals surface area contributed by atoms with Gasteiger partial charge in [0, 0.05) is 26.3 Å². The molecule has 5 nitrogen and oxygen atoms in total. The topological polar surface area (TPSA) is 57.7 Å². The second kappa shape index (κ2) is 8.54. The van der Waals surface area contributed by atoms with Crippen molar-refractivity contribution in [1.29, 1.82) is 0 Å². The number of methoxy groups -OCH3 is 1. The second-order valence-corrected chi connectivity index (χ2v) is 3.44. The summed E-state index contributed by atoms with van der Waals surface area (Å²) in [6.07, 6.45) is 1.83. The molecule has 1 heterocycles. The molecule has 1 aromatic heterocycles. The average Bonchev–Trinajstić information content (AvgIpc) is 2.38. The van der Waals surface area contributed by atoms with Crippen LogP contribution in [0.25, 0.3) is 0 Å². The van der Waals surface area contributed by atoms with Gasteiger partial charge >= 0.3 is 5.97 Å². The van der Waals surface area contributed by atoms with E-state index < -0.39 is 11.9 Å². The third-order valence-electron chi connectivity index (χ3n) is 2.08. The van der Waals surface area contributed by atoms with Crippen molar-refractivity contribution in [2.24, 2.45) is 0 Å². The number of aromatic nitrogens is 1. The molecule has 0 aromatic carbocycles. The van der Waals surface area contributed by atoms with E-state index in [2.05, 4.69) is 4.98 Å². The molecule has 0 unspecified atom stereocenters.